The first kappa shape index (κ1) is 15.9. The maximum Gasteiger partial charge on any atom is 0.229 e. The topological polar surface area (TPSA) is 73.6 Å². The summed E-state index contributed by atoms with van der Waals surface area (Å²) in [5.41, 5.74) is 7.05. The number of benzene rings is 1. The van der Waals surface area contributed by atoms with E-state index >= 15 is 0 Å². The number of anilines is 1. The minimum Gasteiger partial charge on any atom is -0.491 e. The van der Waals surface area contributed by atoms with E-state index < -0.39 is 0 Å². The highest BCUT2D eigenvalue weighted by molar-refractivity contribution is 5.93. The molecule has 3 N–H and O–H groups in total. The third-order valence-corrected chi connectivity index (χ3v) is 5.87. The number of carbonyl (C=O) groups excluding carboxylic acids is 1. The van der Waals surface area contributed by atoms with Crippen LogP contribution < -0.4 is 15.8 Å². The van der Waals surface area contributed by atoms with Crippen LogP contribution in [0.4, 0.5) is 5.69 Å². The second-order valence-electron chi connectivity index (χ2n) is 7.40. The van der Waals surface area contributed by atoms with E-state index in [0.717, 1.165) is 43.7 Å². The summed E-state index contributed by atoms with van der Waals surface area (Å²) in [5, 5.41) is 3.02. The van der Waals surface area contributed by atoms with Gasteiger partial charge in [0.25, 0.3) is 0 Å². The molecule has 5 nitrogen and oxygen atoms in total. The molecule has 1 aromatic rings. The normalized spacial score (nSPS) is 34.5. The smallest absolute Gasteiger partial charge is 0.229 e. The first-order valence-corrected chi connectivity index (χ1v) is 9.11. The Morgan fingerprint density at radius 1 is 1.21 bits per heavy atom. The highest BCUT2D eigenvalue weighted by atomic mass is 16.5. The van der Waals surface area contributed by atoms with Gasteiger partial charge in [0.2, 0.25) is 5.91 Å². The number of fused-ring (bicyclic) bond motifs is 2. The van der Waals surface area contributed by atoms with Gasteiger partial charge >= 0.3 is 0 Å². The van der Waals surface area contributed by atoms with Gasteiger partial charge in [-0.1, -0.05) is 0 Å². The van der Waals surface area contributed by atoms with Crippen LogP contribution in [0, 0.1) is 17.8 Å². The van der Waals surface area contributed by atoms with Crippen molar-refractivity contribution in [1.29, 1.82) is 0 Å². The average molecular weight is 330 g/mol. The van der Waals surface area contributed by atoms with E-state index in [1.54, 1.807) is 0 Å². The quantitative estimate of drug-likeness (QED) is 0.870. The van der Waals surface area contributed by atoms with Crippen LogP contribution in [0.1, 0.15) is 32.1 Å². The summed E-state index contributed by atoms with van der Waals surface area (Å²) >= 11 is 0. The molecule has 2 aliphatic carbocycles. The Morgan fingerprint density at radius 3 is 2.67 bits per heavy atom. The van der Waals surface area contributed by atoms with Crippen LogP contribution in [-0.2, 0) is 9.53 Å². The lowest BCUT2D eigenvalue weighted by atomic mass is 9.84. The fourth-order valence-corrected chi connectivity index (χ4v) is 4.55. The fourth-order valence-electron chi connectivity index (χ4n) is 4.55. The van der Waals surface area contributed by atoms with Crippen molar-refractivity contribution >= 4 is 11.6 Å². The van der Waals surface area contributed by atoms with Crippen LogP contribution in [0.3, 0.4) is 0 Å². The second-order valence-corrected chi connectivity index (χ2v) is 7.40. The molecule has 0 spiro atoms. The van der Waals surface area contributed by atoms with Crippen LogP contribution in [0.15, 0.2) is 24.3 Å². The number of amides is 1. The number of nitrogens with two attached hydrogens (primary N) is 1. The molecule has 2 saturated carbocycles. The molecule has 5 unspecified atom stereocenters. The van der Waals surface area contributed by atoms with Crippen molar-refractivity contribution in [3.05, 3.63) is 24.3 Å². The van der Waals surface area contributed by atoms with Crippen molar-refractivity contribution < 1.29 is 14.3 Å². The molecule has 2 bridgehead atoms. The number of rotatable bonds is 5. The van der Waals surface area contributed by atoms with Crippen molar-refractivity contribution in [3.63, 3.8) is 0 Å². The maximum absolute atomic E-state index is 12.6. The highest BCUT2D eigenvalue weighted by Crippen LogP contribution is 2.47. The Labute approximate surface area is 142 Å². The Morgan fingerprint density at radius 2 is 2.00 bits per heavy atom. The van der Waals surface area contributed by atoms with Gasteiger partial charge in [-0.05, 0) is 68.2 Å². The minimum atomic E-state index is -0.0285. The van der Waals surface area contributed by atoms with E-state index in [2.05, 4.69) is 5.32 Å². The standard InChI is InChI=1S/C19H26N2O3/c20-18-13-4-3-12(10-13)17(18)19(22)21-14-5-7-15(8-6-14)24-11-16-2-1-9-23-16/h5-8,12-13,16-18H,1-4,9-11,20H2,(H,21,22). The molecule has 4 rings (SSSR count). The van der Waals surface area contributed by atoms with Crippen molar-refractivity contribution in [2.24, 2.45) is 23.5 Å². The van der Waals surface area contributed by atoms with Gasteiger partial charge in [0, 0.05) is 18.3 Å². The summed E-state index contributed by atoms with van der Waals surface area (Å²) < 4.78 is 11.3. The van der Waals surface area contributed by atoms with Gasteiger partial charge in [-0.15, -0.1) is 0 Å². The molecule has 130 valence electrons. The van der Waals surface area contributed by atoms with Crippen LogP contribution in [0.5, 0.6) is 5.75 Å². The van der Waals surface area contributed by atoms with Gasteiger partial charge in [-0.3, -0.25) is 4.79 Å². The van der Waals surface area contributed by atoms with Gasteiger partial charge in [0.15, 0.2) is 0 Å². The number of nitrogens with one attached hydrogen (secondary N) is 1. The van der Waals surface area contributed by atoms with E-state index in [0.29, 0.717) is 18.4 Å². The lowest BCUT2D eigenvalue weighted by Gasteiger charge is -2.27. The van der Waals surface area contributed by atoms with Gasteiger partial charge in [0.1, 0.15) is 12.4 Å². The van der Waals surface area contributed by atoms with E-state index in [9.17, 15) is 4.79 Å². The molecule has 3 fully saturated rings. The highest BCUT2D eigenvalue weighted by Gasteiger charge is 2.49. The first-order chi connectivity index (χ1) is 11.7. The van der Waals surface area contributed by atoms with Crippen LogP contribution in [-0.4, -0.2) is 31.3 Å². The fraction of sp³-hybridized carbons (Fsp3) is 0.632. The molecule has 5 atom stereocenters. The van der Waals surface area contributed by atoms with Gasteiger partial charge in [-0.25, -0.2) is 0 Å². The van der Waals surface area contributed by atoms with E-state index in [1.807, 2.05) is 24.3 Å². The molecule has 3 aliphatic rings. The van der Waals surface area contributed by atoms with Crippen LogP contribution in [0.25, 0.3) is 0 Å². The van der Waals surface area contributed by atoms with Crippen LogP contribution >= 0.6 is 0 Å². The minimum absolute atomic E-state index is 0.0257. The lowest BCUT2D eigenvalue weighted by molar-refractivity contribution is -0.121. The summed E-state index contributed by atoms with van der Waals surface area (Å²) in [6.45, 7) is 1.43. The molecule has 1 aromatic carbocycles. The predicted octanol–water partition coefficient (Wildman–Crippen LogP) is 2.56. The Balaban J connectivity index is 1.31. The zero-order valence-electron chi connectivity index (χ0n) is 13.9. The molecule has 0 radical (unpaired) electrons. The molecular weight excluding hydrogens is 304 g/mol. The molecular formula is C19H26N2O3. The third kappa shape index (κ3) is 3.15. The summed E-state index contributed by atoms with van der Waals surface area (Å²) in [6, 6.07) is 7.59. The van der Waals surface area contributed by atoms with Gasteiger partial charge in [0.05, 0.1) is 12.0 Å². The second kappa shape index (κ2) is 6.73. The summed E-state index contributed by atoms with van der Waals surface area (Å²) in [7, 11) is 0. The summed E-state index contributed by atoms with van der Waals surface area (Å²) in [4.78, 5) is 12.6. The average Bonchev–Trinajstić information content (AvgIpc) is 3.31. The summed E-state index contributed by atoms with van der Waals surface area (Å²) in [5.74, 6) is 1.86. The Hall–Kier alpha value is -1.59. The molecule has 0 aromatic heterocycles. The molecule has 1 heterocycles. The zero-order chi connectivity index (χ0) is 16.5. The lowest BCUT2D eigenvalue weighted by Crippen LogP contribution is -2.42. The zero-order valence-corrected chi connectivity index (χ0v) is 13.9. The molecule has 1 aliphatic heterocycles. The largest absolute Gasteiger partial charge is 0.491 e. The SMILES string of the molecule is NC1C2CCC(C2)C1C(=O)Nc1ccc(OCC2CCCO2)cc1. The predicted molar refractivity (Wildman–Crippen MR) is 91.8 cm³/mol. The van der Waals surface area contributed by atoms with Crippen molar-refractivity contribution in [3.8, 4) is 5.75 Å². The number of carbonyl (C=O) groups is 1. The van der Waals surface area contributed by atoms with Gasteiger partial charge in [-0.2, -0.15) is 0 Å². The summed E-state index contributed by atoms with van der Waals surface area (Å²) in [6.07, 6.45) is 5.85. The van der Waals surface area contributed by atoms with Crippen molar-refractivity contribution in [2.75, 3.05) is 18.5 Å². The monoisotopic (exact) mass is 330 g/mol. The van der Waals surface area contributed by atoms with E-state index in [4.69, 9.17) is 15.2 Å². The number of hydrogen-bond donors (Lipinski definition) is 2. The Kier molecular flexibility index (Phi) is 4.46. The first-order valence-electron chi connectivity index (χ1n) is 9.11. The van der Waals surface area contributed by atoms with Crippen molar-refractivity contribution in [2.45, 2.75) is 44.2 Å². The van der Waals surface area contributed by atoms with E-state index in [1.165, 1.54) is 6.42 Å². The molecule has 5 heteroatoms. The van der Waals surface area contributed by atoms with Crippen LogP contribution in [0.2, 0.25) is 0 Å². The molecule has 24 heavy (non-hydrogen) atoms. The number of ether oxygens (including phenoxy) is 2. The van der Waals surface area contributed by atoms with Gasteiger partial charge < -0.3 is 20.5 Å². The maximum atomic E-state index is 12.6. The van der Waals surface area contributed by atoms with E-state index in [-0.39, 0.29) is 24.0 Å². The number of hydrogen-bond acceptors (Lipinski definition) is 4. The van der Waals surface area contributed by atoms with Crippen molar-refractivity contribution in [1.82, 2.24) is 0 Å². The molecule has 1 amide bonds. The Bertz CT molecular complexity index is 581. The molecule has 1 saturated heterocycles. The third-order valence-electron chi connectivity index (χ3n) is 5.87.